The van der Waals surface area contributed by atoms with E-state index in [1.165, 1.54) is 16.4 Å². The topological polar surface area (TPSA) is 80.5 Å². The zero-order valence-electron chi connectivity index (χ0n) is 13.9. The molecule has 0 radical (unpaired) electrons. The highest BCUT2D eigenvalue weighted by Gasteiger charge is 2.37. The van der Waals surface area contributed by atoms with Gasteiger partial charge in [0.2, 0.25) is 10.0 Å². The maximum atomic E-state index is 13.1. The van der Waals surface area contributed by atoms with Crippen molar-refractivity contribution in [3.63, 3.8) is 0 Å². The van der Waals surface area contributed by atoms with E-state index in [0.29, 0.717) is 17.9 Å². The van der Waals surface area contributed by atoms with E-state index in [1.807, 2.05) is 31.2 Å². The molecule has 6 nitrogen and oxygen atoms in total. The lowest BCUT2D eigenvalue weighted by atomic mass is 10.1. The Morgan fingerprint density at radius 3 is 2.48 bits per heavy atom. The minimum Gasteiger partial charge on any atom is -0.258 e. The van der Waals surface area contributed by atoms with Gasteiger partial charge < -0.3 is 0 Å². The van der Waals surface area contributed by atoms with Gasteiger partial charge >= 0.3 is 0 Å². The summed E-state index contributed by atoms with van der Waals surface area (Å²) < 4.78 is 27.5. The van der Waals surface area contributed by atoms with Crippen LogP contribution in [0.4, 0.5) is 5.69 Å². The van der Waals surface area contributed by atoms with Gasteiger partial charge in [0.25, 0.3) is 5.69 Å². The Hall–Kier alpha value is -1.90. The molecule has 1 atom stereocenters. The summed E-state index contributed by atoms with van der Waals surface area (Å²) in [7, 11) is -3.81. The van der Waals surface area contributed by atoms with Crippen molar-refractivity contribution in [1.82, 2.24) is 4.31 Å². The molecule has 0 N–H and O–H groups in total. The van der Waals surface area contributed by atoms with Crippen molar-refractivity contribution in [2.24, 2.45) is 0 Å². The number of nitrogens with zero attached hydrogens (tertiary/aromatic N) is 2. The molecule has 0 aromatic heterocycles. The second kappa shape index (κ2) is 6.78. The number of rotatable bonds is 4. The fraction of sp³-hybridized carbons (Fsp3) is 0.294. The van der Waals surface area contributed by atoms with Crippen LogP contribution < -0.4 is 0 Å². The number of hydrogen-bond donors (Lipinski definition) is 0. The minimum absolute atomic E-state index is 0.0376. The van der Waals surface area contributed by atoms with Crippen molar-refractivity contribution >= 4 is 27.5 Å². The van der Waals surface area contributed by atoms with Crippen LogP contribution in [0.5, 0.6) is 0 Å². The molecule has 0 saturated carbocycles. The van der Waals surface area contributed by atoms with Gasteiger partial charge in [-0.05, 0) is 25.5 Å². The zero-order valence-corrected chi connectivity index (χ0v) is 15.5. The van der Waals surface area contributed by atoms with Crippen molar-refractivity contribution in [2.75, 3.05) is 12.3 Å². The Bertz CT molecular complexity index is 911. The van der Waals surface area contributed by atoms with Crippen molar-refractivity contribution in [2.45, 2.75) is 24.1 Å². The summed E-state index contributed by atoms with van der Waals surface area (Å²) >= 11 is 1.56. The van der Waals surface area contributed by atoms with Crippen LogP contribution in [0, 0.1) is 24.0 Å². The Kier molecular flexibility index (Phi) is 4.86. The summed E-state index contributed by atoms with van der Waals surface area (Å²) in [6, 6.07) is 11.8. The number of aryl methyl sites for hydroxylation is 2. The highest BCUT2D eigenvalue weighted by molar-refractivity contribution is 8.01. The molecular formula is C17H18N2O4S2. The first kappa shape index (κ1) is 17.9. The summed E-state index contributed by atoms with van der Waals surface area (Å²) in [5.74, 6) is 0.686. The van der Waals surface area contributed by atoms with Crippen molar-refractivity contribution in [1.29, 1.82) is 0 Å². The van der Waals surface area contributed by atoms with E-state index in [0.717, 1.165) is 17.2 Å². The molecule has 1 fully saturated rings. The lowest BCUT2D eigenvalue weighted by Gasteiger charge is -2.23. The van der Waals surface area contributed by atoms with Crippen LogP contribution >= 0.6 is 11.8 Å². The zero-order chi connectivity index (χ0) is 18.2. The van der Waals surface area contributed by atoms with Crippen LogP contribution in [-0.4, -0.2) is 29.9 Å². The molecule has 0 amide bonds. The van der Waals surface area contributed by atoms with Gasteiger partial charge in [-0.3, -0.25) is 10.1 Å². The normalized spacial score (nSPS) is 18.4. The molecule has 1 heterocycles. The standard InChI is InChI=1S/C17H18N2O4S2/c1-12-3-6-14(7-4-12)17-18(9-10-24-17)25(22,23)15-8-5-13(2)16(11-15)19(20)21/h3-8,11,17H,9-10H2,1-2H3/t17-/m0/s1. The molecule has 8 heteroatoms. The molecule has 1 aliphatic heterocycles. The first-order chi connectivity index (χ1) is 11.8. The number of nitro benzene ring substituents is 1. The molecular weight excluding hydrogens is 360 g/mol. The van der Waals surface area contributed by atoms with Crippen LogP contribution in [0.1, 0.15) is 22.1 Å². The maximum absolute atomic E-state index is 13.1. The van der Waals surface area contributed by atoms with E-state index in [1.54, 1.807) is 18.7 Å². The number of nitro groups is 1. The van der Waals surface area contributed by atoms with Crippen LogP contribution in [0.25, 0.3) is 0 Å². The molecule has 2 aromatic rings. The predicted molar refractivity (Wildman–Crippen MR) is 98.1 cm³/mol. The third kappa shape index (κ3) is 3.42. The van der Waals surface area contributed by atoms with E-state index in [-0.39, 0.29) is 16.0 Å². The molecule has 25 heavy (non-hydrogen) atoms. The third-order valence-corrected chi connectivity index (χ3v) is 7.45. The summed E-state index contributed by atoms with van der Waals surface area (Å²) in [5, 5.41) is 10.8. The Balaban J connectivity index is 2.00. The molecule has 1 aliphatic rings. The average Bonchev–Trinajstić information content (AvgIpc) is 3.06. The van der Waals surface area contributed by atoms with Crippen LogP contribution in [0.2, 0.25) is 0 Å². The largest absolute Gasteiger partial charge is 0.273 e. The molecule has 0 spiro atoms. The van der Waals surface area contributed by atoms with Gasteiger partial charge in [-0.1, -0.05) is 35.9 Å². The quantitative estimate of drug-likeness (QED) is 0.599. The summed E-state index contributed by atoms with van der Waals surface area (Å²) in [6.45, 7) is 3.95. The van der Waals surface area contributed by atoms with E-state index in [9.17, 15) is 18.5 Å². The molecule has 3 rings (SSSR count). The molecule has 132 valence electrons. The highest BCUT2D eigenvalue weighted by atomic mass is 32.2. The van der Waals surface area contributed by atoms with E-state index < -0.39 is 14.9 Å². The van der Waals surface area contributed by atoms with Gasteiger partial charge in [0, 0.05) is 23.9 Å². The lowest BCUT2D eigenvalue weighted by molar-refractivity contribution is -0.385. The minimum atomic E-state index is -3.81. The number of sulfonamides is 1. The van der Waals surface area contributed by atoms with E-state index in [2.05, 4.69) is 0 Å². The summed E-state index contributed by atoms with van der Waals surface area (Å²) in [6.07, 6.45) is 0. The maximum Gasteiger partial charge on any atom is 0.273 e. The first-order valence-corrected chi connectivity index (χ1v) is 10.2. The van der Waals surface area contributed by atoms with Crippen LogP contribution in [-0.2, 0) is 10.0 Å². The number of benzene rings is 2. The Morgan fingerprint density at radius 2 is 1.84 bits per heavy atom. The smallest absolute Gasteiger partial charge is 0.258 e. The molecule has 0 unspecified atom stereocenters. The summed E-state index contributed by atoms with van der Waals surface area (Å²) in [4.78, 5) is 10.5. The molecule has 0 bridgehead atoms. The van der Waals surface area contributed by atoms with Crippen molar-refractivity contribution in [3.05, 3.63) is 69.3 Å². The summed E-state index contributed by atoms with van der Waals surface area (Å²) in [5.41, 5.74) is 2.28. The van der Waals surface area contributed by atoms with Crippen molar-refractivity contribution < 1.29 is 13.3 Å². The van der Waals surface area contributed by atoms with Crippen LogP contribution in [0.15, 0.2) is 47.4 Å². The molecule has 2 aromatic carbocycles. The fourth-order valence-electron chi connectivity index (χ4n) is 2.78. The Morgan fingerprint density at radius 1 is 1.16 bits per heavy atom. The van der Waals surface area contributed by atoms with Gasteiger partial charge in [-0.15, -0.1) is 11.8 Å². The Labute approximate surface area is 151 Å². The van der Waals surface area contributed by atoms with Gasteiger partial charge in [0.15, 0.2) is 0 Å². The van der Waals surface area contributed by atoms with Gasteiger partial charge in [0.05, 0.1) is 15.2 Å². The van der Waals surface area contributed by atoms with Gasteiger partial charge in [-0.2, -0.15) is 4.31 Å². The van der Waals surface area contributed by atoms with Gasteiger partial charge in [0.1, 0.15) is 0 Å². The SMILES string of the molecule is Cc1ccc([C@@H]2SCCN2S(=O)(=O)c2ccc(C)c([N+](=O)[O-])c2)cc1. The number of thioether (sulfide) groups is 1. The third-order valence-electron chi connectivity index (χ3n) is 4.20. The van der Waals surface area contributed by atoms with Crippen LogP contribution in [0.3, 0.4) is 0 Å². The molecule has 1 saturated heterocycles. The first-order valence-electron chi connectivity index (χ1n) is 7.76. The van der Waals surface area contributed by atoms with E-state index >= 15 is 0 Å². The second-order valence-electron chi connectivity index (χ2n) is 5.95. The van der Waals surface area contributed by atoms with Gasteiger partial charge in [-0.25, -0.2) is 8.42 Å². The molecule has 0 aliphatic carbocycles. The fourth-order valence-corrected chi connectivity index (χ4v) is 6.04. The second-order valence-corrected chi connectivity index (χ2v) is 9.03. The lowest BCUT2D eigenvalue weighted by Crippen LogP contribution is -2.30. The van der Waals surface area contributed by atoms with E-state index in [4.69, 9.17) is 0 Å². The monoisotopic (exact) mass is 378 g/mol. The number of hydrogen-bond acceptors (Lipinski definition) is 5. The average molecular weight is 378 g/mol. The van der Waals surface area contributed by atoms with Crippen molar-refractivity contribution in [3.8, 4) is 0 Å². The predicted octanol–water partition coefficient (Wildman–Crippen LogP) is 3.65. The highest BCUT2D eigenvalue weighted by Crippen LogP contribution is 2.41.